The second-order valence-electron chi connectivity index (χ2n) is 11.6. The van der Waals surface area contributed by atoms with E-state index in [0.29, 0.717) is 32.6 Å². The predicted octanol–water partition coefficient (Wildman–Crippen LogP) is 4.85. The van der Waals surface area contributed by atoms with Crippen LogP contribution in [-0.4, -0.2) is 65.4 Å². The number of aromatic amines is 1. The first kappa shape index (κ1) is 27.6. The molecule has 3 aromatic carbocycles. The van der Waals surface area contributed by atoms with Crippen molar-refractivity contribution < 1.29 is 14.4 Å². The van der Waals surface area contributed by atoms with Crippen molar-refractivity contribution in [3.8, 4) is 0 Å². The van der Waals surface area contributed by atoms with Gasteiger partial charge in [0.1, 0.15) is 6.04 Å². The van der Waals surface area contributed by atoms with E-state index in [-0.39, 0.29) is 23.3 Å². The molecule has 1 saturated heterocycles. The van der Waals surface area contributed by atoms with E-state index in [4.69, 9.17) is 0 Å². The van der Waals surface area contributed by atoms with E-state index in [2.05, 4.69) is 16.4 Å². The van der Waals surface area contributed by atoms with Gasteiger partial charge >= 0.3 is 6.03 Å². The third-order valence-electron chi connectivity index (χ3n) is 8.95. The molecule has 1 atom stereocenters. The van der Waals surface area contributed by atoms with Gasteiger partial charge in [0.25, 0.3) is 0 Å². The third-order valence-corrected chi connectivity index (χ3v) is 8.95. The van der Waals surface area contributed by atoms with Gasteiger partial charge in [-0.15, -0.1) is 0 Å². The molecule has 2 aliphatic rings. The van der Waals surface area contributed by atoms with Gasteiger partial charge in [-0.1, -0.05) is 66.7 Å². The number of benzene rings is 3. The summed E-state index contributed by atoms with van der Waals surface area (Å²) in [6.07, 6.45) is 3.83. The van der Waals surface area contributed by atoms with Crippen molar-refractivity contribution in [3.63, 3.8) is 0 Å². The molecule has 0 saturated carbocycles. The highest BCUT2D eigenvalue weighted by Gasteiger charge is 2.46. The highest BCUT2D eigenvalue weighted by atomic mass is 16.2. The average Bonchev–Trinajstić information content (AvgIpc) is 3.56. The first-order valence-corrected chi connectivity index (χ1v) is 14.6. The van der Waals surface area contributed by atoms with Crippen LogP contribution in [0.2, 0.25) is 0 Å². The minimum Gasteiger partial charge on any atom is -0.361 e. The van der Waals surface area contributed by atoms with Gasteiger partial charge in [0, 0.05) is 74.8 Å². The molecule has 42 heavy (non-hydrogen) atoms. The number of urea groups is 1. The molecule has 2 N–H and O–H groups in total. The number of anilines is 1. The predicted molar refractivity (Wildman–Crippen MR) is 164 cm³/mol. The maximum absolute atomic E-state index is 13.8. The minimum atomic E-state index is -0.721. The lowest BCUT2D eigenvalue weighted by atomic mass is 9.74. The van der Waals surface area contributed by atoms with Crippen molar-refractivity contribution in [2.45, 2.75) is 44.2 Å². The van der Waals surface area contributed by atoms with Gasteiger partial charge in [0.2, 0.25) is 11.8 Å². The molecule has 216 valence electrons. The highest BCUT2D eigenvalue weighted by molar-refractivity contribution is 5.95. The maximum Gasteiger partial charge on any atom is 0.318 e. The molecule has 8 nitrogen and oxygen atoms in total. The maximum atomic E-state index is 13.8. The van der Waals surface area contributed by atoms with Crippen LogP contribution < -0.4 is 10.2 Å². The van der Waals surface area contributed by atoms with Crippen LogP contribution in [0.1, 0.15) is 36.5 Å². The standard InChI is InChI=1S/C34H37N5O3/c1-24(40)39-23-34(28-13-7-9-15-31(28)39)16-18-38(19-17-34)33(42)36-30(20-26-21-35-29-14-8-6-12-27(26)29)32(41)37(2)22-25-10-4-3-5-11-25/h3-15,21,30,35H,16-20,22-23H2,1-2H3,(H,36,42). The fraction of sp³-hybridized carbons (Fsp3) is 0.324. The number of likely N-dealkylation sites (N-methyl/N-ethyl adjacent to an activating group) is 1. The molecule has 3 heterocycles. The van der Waals surface area contributed by atoms with Crippen LogP contribution in [0.5, 0.6) is 0 Å². The summed E-state index contributed by atoms with van der Waals surface area (Å²) in [4.78, 5) is 48.5. The van der Waals surface area contributed by atoms with Crippen LogP contribution in [-0.2, 0) is 28.0 Å². The Morgan fingerprint density at radius 2 is 1.64 bits per heavy atom. The van der Waals surface area contributed by atoms with Crippen molar-refractivity contribution in [2.75, 3.05) is 31.6 Å². The summed E-state index contributed by atoms with van der Waals surface area (Å²) in [6, 6.07) is 25.0. The smallest absolute Gasteiger partial charge is 0.318 e. The quantitative estimate of drug-likeness (QED) is 0.352. The Morgan fingerprint density at radius 1 is 0.952 bits per heavy atom. The molecule has 1 unspecified atom stereocenters. The van der Waals surface area contributed by atoms with Crippen LogP contribution >= 0.6 is 0 Å². The second kappa shape index (κ2) is 11.4. The van der Waals surface area contributed by atoms with E-state index >= 15 is 0 Å². The van der Waals surface area contributed by atoms with E-state index in [1.165, 1.54) is 5.56 Å². The number of piperidine rings is 1. The zero-order chi connectivity index (χ0) is 29.3. The first-order chi connectivity index (χ1) is 20.3. The van der Waals surface area contributed by atoms with Crippen LogP contribution in [0.3, 0.4) is 0 Å². The summed E-state index contributed by atoms with van der Waals surface area (Å²) in [6.45, 7) is 3.82. The number of likely N-dealkylation sites (tertiary alicyclic amines) is 1. The molecular weight excluding hydrogens is 526 g/mol. The minimum absolute atomic E-state index is 0.0396. The number of aromatic nitrogens is 1. The number of rotatable bonds is 6. The second-order valence-corrected chi connectivity index (χ2v) is 11.6. The number of nitrogens with zero attached hydrogens (tertiary/aromatic N) is 3. The number of H-pyrrole nitrogens is 1. The van der Waals surface area contributed by atoms with Gasteiger partial charge in [-0.05, 0) is 41.7 Å². The summed E-state index contributed by atoms with van der Waals surface area (Å²) >= 11 is 0. The Kier molecular flexibility index (Phi) is 7.45. The number of amides is 4. The van der Waals surface area contributed by atoms with Crippen LogP contribution in [0.25, 0.3) is 10.9 Å². The Labute approximate surface area is 246 Å². The normalized spacial score (nSPS) is 16.3. The molecule has 8 heteroatoms. The molecule has 0 radical (unpaired) electrons. The number of hydrogen-bond donors (Lipinski definition) is 2. The van der Waals surface area contributed by atoms with Gasteiger partial charge in [-0.3, -0.25) is 9.59 Å². The summed E-state index contributed by atoms with van der Waals surface area (Å²) in [5.41, 5.74) is 5.03. The molecule has 4 amide bonds. The van der Waals surface area contributed by atoms with E-state index in [1.807, 2.05) is 88.8 Å². The fourth-order valence-corrected chi connectivity index (χ4v) is 6.64. The van der Waals surface area contributed by atoms with E-state index in [0.717, 1.165) is 40.6 Å². The van der Waals surface area contributed by atoms with Crippen LogP contribution in [0, 0.1) is 0 Å². The Hall–Kier alpha value is -4.59. The molecule has 1 spiro atoms. The lowest BCUT2D eigenvalue weighted by Gasteiger charge is -2.40. The first-order valence-electron chi connectivity index (χ1n) is 14.6. The summed E-state index contributed by atoms with van der Waals surface area (Å²) < 4.78 is 0. The SMILES string of the molecule is CC(=O)N1CC2(CCN(C(=O)NC(Cc3c[nH]c4ccccc34)C(=O)N(C)Cc3ccccc3)CC2)c2ccccc21. The van der Waals surface area contributed by atoms with Crippen molar-refractivity contribution in [1.82, 2.24) is 20.1 Å². The van der Waals surface area contributed by atoms with Gasteiger partial charge in [0.15, 0.2) is 0 Å². The highest BCUT2D eigenvalue weighted by Crippen LogP contribution is 2.47. The lowest BCUT2D eigenvalue weighted by Crippen LogP contribution is -2.55. The van der Waals surface area contributed by atoms with Crippen molar-refractivity contribution >= 4 is 34.4 Å². The molecule has 0 aliphatic carbocycles. The Morgan fingerprint density at radius 3 is 2.40 bits per heavy atom. The third kappa shape index (κ3) is 5.24. The fourth-order valence-electron chi connectivity index (χ4n) is 6.64. The Balaban J connectivity index is 1.18. The average molecular weight is 564 g/mol. The molecule has 1 aromatic heterocycles. The van der Waals surface area contributed by atoms with E-state index in [9.17, 15) is 14.4 Å². The zero-order valence-corrected chi connectivity index (χ0v) is 24.2. The number of carbonyl (C=O) groups is 3. The number of fused-ring (bicyclic) bond motifs is 3. The number of hydrogen-bond acceptors (Lipinski definition) is 3. The van der Waals surface area contributed by atoms with Crippen LogP contribution in [0.15, 0.2) is 85.1 Å². The molecule has 2 aliphatic heterocycles. The largest absolute Gasteiger partial charge is 0.361 e. The molecule has 6 rings (SSSR count). The number of nitrogens with one attached hydrogen (secondary N) is 2. The molecule has 0 bridgehead atoms. The molecule has 1 fully saturated rings. The monoisotopic (exact) mass is 563 g/mol. The zero-order valence-electron chi connectivity index (χ0n) is 24.2. The van der Waals surface area contributed by atoms with Gasteiger partial charge in [0.05, 0.1) is 0 Å². The Bertz CT molecular complexity index is 1610. The van der Waals surface area contributed by atoms with Crippen molar-refractivity contribution in [3.05, 3.63) is 102 Å². The topological polar surface area (TPSA) is 88.7 Å². The summed E-state index contributed by atoms with van der Waals surface area (Å²) in [5.74, 6) is -0.0921. The lowest BCUT2D eigenvalue weighted by molar-refractivity contribution is -0.132. The summed E-state index contributed by atoms with van der Waals surface area (Å²) in [7, 11) is 1.78. The number of para-hydroxylation sites is 2. The van der Waals surface area contributed by atoms with Crippen molar-refractivity contribution in [1.29, 1.82) is 0 Å². The van der Waals surface area contributed by atoms with Crippen LogP contribution in [0.4, 0.5) is 10.5 Å². The van der Waals surface area contributed by atoms with E-state index < -0.39 is 6.04 Å². The van der Waals surface area contributed by atoms with Gasteiger partial charge < -0.3 is 25.0 Å². The molecular formula is C34H37N5O3. The van der Waals surface area contributed by atoms with E-state index in [1.54, 1.807) is 18.9 Å². The van der Waals surface area contributed by atoms with Gasteiger partial charge in [-0.2, -0.15) is 0 Å². The molecule has 4 aromatic rings. The van der Waals surface area contributed by atoms with Crippen molar-refractivity contribution in [2.24, 2.45) is 0 Å². The number of carbonyl (C=O) groups excluding carboxylic acids is 3. The van der Waals surface area contributed by atoms with Gasteiger partial charge in [-0.25, -0.2) is 4.79 Å². The summed E-state index contributed by atoms with van der Waals surface area (Å²) in [5, 5.41) is 4.15.